The minimum Gasteiger partial charge on any atom is -0.444 e. The summed E-state index contributed by atoms with van der Waals surface area (Å²) in [6, 6.07) is 0.584. The van der Waals surface area contributed by atoms with Gasteiger partial charge in [0.25, 0.3) is 0 Å². The van der Waals surface area contributed by atoms with E-state index in [9.17, 15) is 4.79 Å². The molecule has 2 atom stereocenters. The molecule has 4 nitrogen and oxygen atoms in total. The number of nitrogens with zero attached hydrogens (tertiary/aromatic N) is 1. The second-order valence-corrected chi connectivity index (χ2v) is 7.25. The van der Waals surface area contributed by atoms with Crippen LogP contribution in [-0.2, 0) is 4.74 Å². The molecule has 1 heterocycles. The summed E-state index contributed by atoms with van der Waals surface area (Å²) in [7, 11) is 0. The molecular weight excluding hydrogens is 252 g/mol. The summed E-state index contributed by atoms with van der Waals surface area (Å²) in [5, 5.41) is 3.66. The second-order valence-electron chi connectivity index (χ2n) is 7.25. The third-order valence-electron chi connectivity index (χ3n) is 4.48. The topological polar surface area (TPSA) is 41.6 Å². The summed E-state index contributed by atoms with van der Waals surface area (Å²) >= 11 is 0. The number of amides is 1. The monoisotopic (exact) mass is 282 g/mol. The lowest BCUT2D eigenvalue weighted by Gasteiger charge is -2.38. The number of carbonyl (C=O) groups excluding carboxylic acids is 1. The maximum atomic E-state index is 12.1. The van der Waals surface area contributed by atoms with Crippen molar-refractivity contribution >= 4 is 6.09 Å². The van der Waals surface area contributed by atoms with Gasteiger partial charge >= 0.3 is 6.09 Å². The molecule has 1 aliphatic heterocycles. The van der Waals surface area contributed by atoms with Gasteiger partial charge in [-0.3, -0.25) is 0 Å². The fraction of sp³-hybridized carbons (Fsp3) is 0.938. The molecule has 0 aromatic carbocycles. The van der Waals surface area contributed by atoms with E-state index in [0.29, 0.717) is 12.0 Å². The van der Waals surface area contributed by atoms with Gasteiger partial charge in [-0.2, -0.15) is 0 Å². The molecule has 1 saturated carbocycles. The molecule has 0 aromatic rings. The zero-order chi connectivity index (χ0) is 14.8. The van der Waals surface area contributed by atoms with E-state index in [1.165, 1.54) is 19.3 Å². The SMILES string of the molecule is CCNC(C1CCC1)C1CCN(C(=O)OC(C)(C)C)C1. The van der Waals surface area contributed by atoms with Crippen molar-refractivity contribution in [3.63, 3.8) is 0 Å². The number of ether oxygens (including phenoxy) is 1. The summed E-state index contributed by atoms with van der Waals surface area (Å²) in [6.45, 7) is 10.7. The molecule has 116 valence electrons. The first-order valence-electron chi connectivity index (χ1n) is 8.12. The molecule has 2 unspecified atom stereocenters. The van der Waals surface area contributed by atoms with Crippen LogP contribution < -0.4 is 5.32 Å². The van der Waals surface area contributed by atoms with Crippen molar-refractivity contribution in [3.05, 3.63) is 0 Å². The van der Waals surface area contributed by atoms with Crippen LogP contribution in [0, 0.1) is 11.8 Å². The largest absolute Gasteiger partial charge is 0.444 e. The van der Waals surface area contributed by atoms with Crippen LogP contribution in [-0.4, -0.2) is 42.3 Å². The minimum atomic E-state index is -0.399. The summed E-state index contributed by atoms with van der Waals surface area (Å²) < 4.78 is 5.48. The summed E-state index contributed by atoms with van der Waals surface area (Å²) in [4.78, 5) is 14.0. The second kappa shape index (κ2) is 6.33. The molecule has 1 N–H and O–H groups in total. The highest BCUT2D eigenvalue weighted by Gasteiger charge is 2.38. The van der Waals surface area contributed by atoms with Gasteiger partial charge < -0.3 is 15.0 Å². The Hall–Kier alpha value is -0.770. The number of rotatable bonds is 4. The van der Waals surface area contributed by atoms with Crippen LogP contribution in [0.1, 0.15) is 53.4 Å². The van der Waals surface area contributed by atoms with E-state index < -0.39 is 5.60 Å². The highest BCUT2D eigenvalue weighted by molar-refractivity contribution is 5.68. The van der Waals surface area contributed by atoms with E-state index >= 15 is 0 Å². The number of nitrogens with one attached hydrogen (secondary N) is 1. The first-order chi connectivity index (χ1) is 9.40. The van der Waals surface area contributed by atoms with Gasteiger partial charge in [0.2, 0.25) is 0 Å². The lowest BCUT2D eigenvalue weighted by Crippen LogP contribution is -2.46. The van der Waals surface area contributed by atoms with Gasteiger partial charge in [-0.1, -0.05) is 13.3 Å². The van der Waals surface area contributed by atoms with E-state index in [-0.39, 0.29) is 6.09 Å². The zero-order valence-corrected chi connectivity index (χ0v) is 13.4. The third kappa shape index (κ3) is 3.87. The normalized spacial score (nSPS) is 25.4. The van der Waals surface area contributed by atoms with Crippen LogP contribution in [0.5, 0.6) is 0 Å². The predicted molar refractivity (Wildman–Crippen MR) is 80.7 cm³/mol. The molecule has 1 aliphatic carbocycles. The highest BCUT2D eigenvalue weighted by Crippen LogP contribution is 2.36. The Balaban J connectivity index is 1.88. The maximum Gasteiger partial charge on any atom is 0.410 e. The van der Waals surface area contributed by atoms with Gasteiger partial charge in [0.15, 0.2) is 0 Å². The van der Waals surface area contributed by atoms with Gasteiger partial charge in [-0.25, -0.2) is 4.79 Å². The molecule has 0 aromatic heterocycles. The van der Waals surface area contributed by atoms with E-state index in [2.05, 4.69) is 12.2 Å². The van der Waals surface area contributed by atoms with Crippen molar-refractivity contribution in [1.82, 2.24) is 10.2 Å². The van der Waals surface area contributed by atoms with Gasteiger partial charge in [0.05, 0.1) is 0 Å². The Morgan fingerprint density at radius 2 is 2.00 bits per heavy atom. The van der Waals surface area contributed by atoms with Crippen molar-refractivity contribution in [2.24, 2.45) is 11.8 Å². The van der Waals surface area contributed by atoms with Crippen LogP contribution in [0.2, 0.25) is 0 Å². The van der Waals surface area contributed by atoms with Crippen molar-refractivity contribution in [2.45, 2.75) is 65.0 Å². The van der Waals surface area contributed by atoms with Crippen molar-refractivity contribution in [3.8, 4) is 0 Å². The van der Waals surface area contributed by atoms with Crippen LogP contribution >= 0.6 is 0 Å². The van der Waals surface area contributed by atoms with Gasteiger partial charge in [0.1, 0.15) is 5.60 Å². The van der Waals surface area contributed by atoms with Crippen LogP contribution in [0.4, 0.5) is 4.79 Å². The Bertz CT molecular complexity index is 334. The van der Waals surface area contributed by atoms with Crippen LogP contribution in [0.15, 0.2) is 0 Å². The number of likely N-dealkylation sites (tertiary alicyclic amines) is 1. The highest BCUT2D eigenvalue weighted by atomic mass is 16.6. The number of carbonyl (C=O) groups is 1. The Morgan fingerprint density at radius 3 is 2.50 bits per heavy atom. The molecule has 1 amide bonds. The van der Waals surface area contributed by atoms with Crippen molar-refractivity contribution < 1.29 is 9.53 Å². The molecule has 0 radical (unpaired) electrons. The zero-order valence-electron chi connectivity index (χ0n) is 13.4. The molecule has 2 aliphatic rings. The molecule has 4 heteroatoms. The smallest absolute Gasteiger partial charge is 0.410 e. The van der Waals surface area contributed by atoms with Gasteiger partial charge in [-0.05, 0) is 58.4 Å². The lowest BCUT2D eigenvalue weighted by atomic mass is 9.74. The van der Waals surface area contributed by atoms with Gasteiger partial charge in [0, 0.05) is 19.1 Å². The number of hydrogen-bond donors (Lipinski definition) is 1. The van der Waals surface area contributed by atoms with Gasteiger partial charge in [-0.15, -0.1) is 0 Å². The molecule has 20 heavy (non-hydrogen) atoms. The molecule has 2 fully saturated rings. The lowest BCUT2D eigenvalue weighted by molar-refractivity contribution is 0.0280. The van der Waals surface area contributed by atoms with Crippen molar-refractivity contribution in [2.75, 3.05) is 19.6 Å². The average molecular weight is 282 g/mol. The Morgan fingerprint density at radius 1 is 1.30 bits per heavy atom. The Labute approximate surface area is 123 Å². The summed E-state index contributed by atoms with van der Waals surface area (Å²) in [6.07, 6.45) is 5.02. The quantitative estimate of drug-likeness (QED) is 0.862. The molecular formula is C16H30N2O2. The first-order valence-corrected chi connectivity index (χ1v) is 8.12. The molecule has 2 rings (SSSR count). The predicted octanol–water partition coefficient (Wildman–Crippen LogP) is 3.02. The third-order valence-corrected chi connectivity index (χ3v) is 4.48. The molecule has 0 bridgehead atoms. The average Bonchev–Trinajstić information content (AvgIpc) is 2.72. The number of hydrogen-bond acceptors (Lipinski definition) is 3. The fourth-order valence-corrected chi connectivity index (χ4v) is 3.33. The summed E-state index contributed by atoms with van der Waals surface area (Å²) in [5.74, 6) is 1.41. The maximum absolute atomic E-state index is 12.1. The Kier molecular flexibility index (Phi) is 4.95. The van der Waals surface area contributed by atoms with E-state index in [0.717, 1.165) is 32.0 Å². The van der Waals surface area contributed by atoms with E-state index in [1.54, 1.807) is 0 Å². The van der Waals surface area contributed by atoms with E-state index in [1.807, 2.05) is 25.7 Å². The first kappa shape index (κ1) is 15.6. The fourth-order valence-electron chi connectivity index (χ4n) is 3.33. The molecule has 0 spiro atoms. The molecule has 1 saturated heterocycles. The minimum absolute atomic E-state index is 0.149. The van der Waals surface area contributed by atoms with Crippen molar-refractivity contribution in [1.29, 1.82) is 0 Å². The van der Waals surface area contributed by atoms with E-state index in [4.69, 9.17) is 4.74 Å². The summed E-state index contributed by atoms with van der Waals surface area (Å²) in [5.41, 5.74) is -0.399. The standard InChI is InChI=1S/C16H30N2O2/c1-5-17-14(12-7-6-8-12)13-9-10-18(11-13)15(19)20-16(2,3)4/h12-14,17H,5-11H2,1-4H3. The van der Waals surface area contributed by atoms with Crippen LogP contribution in [0.3, 0.4) is 0 Å². The van der Waals surface area contributed by atoms with Crippen LogP contribution in [0.25, 0.3) is 0 Å².